The summed E-state index contributed by atoms with van der Waals surface area (Å²) in [6, 6.07) is 7.44. The van der Waals surface area contributed by atoms with Crippen LogP contribution in [0.15, 0.2) is 33.2 Å². The number of benzene rings is 1. The minimum atomic E-state index is -0.166. The second kappa shape index (κ2) is 6.90. The molecule has 108 valence electrons. The predicted molar refractivity (Wildman–Crippen MR) is 84.0 cm³/mol. The lowest BCUT2D eigenvalue weighted by Crippen LogP contribution is -2.34. The number of carbonyl (C=O) groups excluding carboxylic acids is 1. The molecule has 0 unspecified atom stereocenters. The third kappa shape index (κ3) is 3.41. The Labute approximate surface area is 127 Å². The number of carbonyl (C=O) groups is 1. The summed E-state index contributed by atoms with van der Waals surface area (Å²) in [7, 11) is 0. The van der Waals surface area contributed by atoms with Gasteiger partial charge in [0.1, 0.15) is 5.58 Å². The van der Waals surface area contributed by atoms with Crippen LogP contribution in [0.3, 0.4) is 0 Å². The topological polar surface area (TPSA) is 45.5 Å². The Morgan fingerprint density at radius 3 is 2.75 bits per heavy atom. The first-order valence-corrected chi connectivity index (χ1v) is 7.63. The first kappa shape index (κ1) is 15.1. The number of furan rings is 1. The monoisotopic (exact) mass is 338 g/mol. The third-order valence-electron chi connectivity index (χ3n) is 3.34. The molecule has 1 aromatic carbocycles. The van der Waals surface area contributed by atoms with Crippen molar-refractivity contribution in [2.75, 3.05) is 26.2 Å². The second-order valence-corrected chi connectivity index (χ2v) is 5.40. The van der Waals surface area contributed by atoms with E-state index in [1.807, 2.05) is 18.2 Å². The number of fused-ring (bicyclic) bond motifs is 1. The second-order valence-electron chi connectivity index (χ2n) is 4.55. The highest BCUT2D eigenvalue weighted by Crippen LogP contribution is 2.26. The smallest absolute Gasteiger partial charge is 0.287 e. The number of nitrogens with zero attached hydrogens (tertiary/aromatic N) is 1. The number of amides is 1. The molecule has 4 nitrogen and oxygen atoms in total. The molecule has 1 N–H and O–H groups in total. The van der Waals surface area contributed by atoms with E-state index in [0.29, 0.717) is 17.9 Å². The molecule has 1 aromatic heterocycles. The van der Waals surface area contributed by atoms with Crippen LogP contribution in [0.25, 0.3) is 11.0 Å². The van der Waals surface area contributed by atoms with Crippen molar-refractivity contribution in [2.45, 2.75) is 13.8 Å². The SMILES string of the molecule is CCN(CC)CCNC(=O)c1cc2c(Br)cccc2o1. The van der Waals surface area contributed by atoms with Crippen molar-refractivity contribution in [2.24, 2.45) is 0 Å². The van der Waals surface area contributed by atoms with Crippen molar-refractivity contribution in [1.82, 2.24) is 10.2 Å². The summed E-state index contributed by atoms with van der Waals surface area (Å²) >= 11 is 3.45. The fourth-order valence-electron chi connectivity index (χ4n) is 2.09. The summed E-state index contributed by atoms with van der Waals surface area (Å²) < 4.78 is 6.50. The molecule has 0 atom stereocenters. The summed E-state index contributed by atoms with van der Waals surface area (Å²) in [6.45, 7) is 7.68. The van der Waals surface area contributed by atoms with Gasteiger partial charge in [-0.1, -0.05) is 35.8 Å². The average Bonchev–Trinajstić information content (AvgIpc) is 2.89. The summed E-state index contributed by atoms with van der Waals surface area (Å²) in [5.74, 6) is 0.187. The van der Waals surface area contributed by atoms with Gasteiger partial charge in [-0.05, 0) is 31.3 Å². The summed E-state index contributed by atoms with van der Waals surface area (Å²) in [5, 5.41) is 3.81. The maximum atomic E-state index is 12.0. The lowest BCUT2D eigenvalue weighted by atomic mass is 10.2. The first-order chi connectivity index (χ1) is 9.65. The Morgan fingerprint density at radius 2 is 2.10 bits per heavy atom. The van der Waals surface area contributed by atoms with Gasteiger partial charge in [-0.25, -0.2) is 0 Å². The van der Waals surface area contributed by atoms with Crippen LogP contribution in [0.4, 0.5) is 0 Å². The number of hydrogen-bond donors (Lipinski definition) is 1. The average molecular weight is 339 g/mol. The Balaban J connectivity index is 1.99. The number of hydrogen-bond acceptors (Lipinski definition) is 3. The molecule has 1 amide bonds. The van der Waals surface area contributed by atoms with Gasteiger partial charge in [-0.15, -0.1) is 0 Å². The highest BCUT2D eigenvalue weighted by atomic mass is 79.9. The van der Waals surface area contributed by atoms with Gasteiger partial charge in [0.15, 0.2) is 5.76 Å². The Morgan fingerprint density at radius 1 is 1.35 bits per heavy atom. The molecule has 0 aliphatic heterocycles. The molecular formula is C15H19BrN2O2. The minimum Gasteiger partial charge on any atom is -0.451 e. The minimum absolute atomic E-state index is 0.166. The van der Waals surface area contributed by atoms with Crippen molar-refractivity contribution in [3.8, 4) is 0 Å². The molecule has 5 heteroatoms. The molecule has 0 bridgehead atoms. The molecule has 0 aliphatic rings. The van der Waals surface area contributed by atoms with Gasteiger partial charge in [0, 0.05) is 22.9 Å². The number of halogens is 1. The molecular weight excluding hydrogens is 320 g/mol. The van der Waals surface area contributed by atoms with E-state index >= 15 is 0 Å². The first-order valence-electron chi connectivity index (χ1n) is 6.84. The maximum Gasteiger partial charge on any atom is 0.287 e. The van der Waals surface area contributed by atoms with Gasteiger partial charge in [0.25, 0.3) is 5.91 Å². The van der Waals surface area contributed by atoms with Crippen LogP contribution in [0.1, 0.15) is 24.4 Å². The van der Waals surface area contributed by atoms with Crippen molar-refractivity contribution in [3.63, 3.8) is 0 Å². The van der Waals surface area contributed by atoms with Crippen molar-refractivity contribution in [1.29, 1.82) is 0 Å². The quantitative estimate of drug-likeness (QED) is 0.879. The molecule has 0 saturated carbocycles. The van der Waals surface area contributed by atoms with Gasteiger partial charge in [-0.2, -0.15) is 0 Å². The van der Waals surface area contributed by atoms with E-state index < -0.39 is 0 Å². The molecule has 0 spiro atoms. The molecule has 1 heterocycles. The zero-order valence-corrected chi connectivity index (χ0v) is 13.4. The van der Waals surface area contributed by atoms with Crippen LogP contribution in [0.5, 0.6) is 0 Å². The number of likely N-dealkylation sites (N-methyl/N-ethyl adjacent to an activating group) is 1. The van der Waals surface area contributed by atoms with E-state index in [1.54, 1.807) is 6.07 Å². The molecule has 0 saturated heterocycles. The Bertz CT molecular complexity index is 591. The summed E-state index contributed by atoms with van der Waals surface area (Å²) in [5.41, 5.74) is 0.716. The predicted octanol–water partition coefficient (Wildman–Crippen LogP) is 3.27. The largest absolute Gasteiger partial charge is 0.451 e. The summed E-state index contributed by atoms with van der Waals surface area (Å²) in [6.07, 6.45) is 0. The molecule has 0 aliphatic carbocycles. The third-order valence-corrected chi connectivity index (χ3v) is 4.03. The van der Waals surface area contributed by atoms with Crippen LogP contribution in [-0.2, 0) is 0 Å². The van der Waals surface area contributed by atoms with E-state index in [1.165, 1.54) is 0 Å². The van der Waals surface area contributed by atoms with Crippen LogP contribution in [-0.4, -0.2) is 37.0 Å². The highest BCUT2D eigenvalue weighted by molar-refractivity contribution is 9.10. The molecule has 0 radical (unpaired) electrons. The van der Waals surface area contributed by atoms with E-state index in [9.17, 15) is 4.79 Å². The van der Waals surface area contributed by atoms with Crippen molar-refractivity contribution < 1.29 is 9.21 Å². The Hall–Kier alpha value is -1.33. The Kier molecular flexibility index (Phi) is 5.20. The standard InChI is InChI=1S/C15H19BrN2O2/c1-3-18(4-2)9-8-17-15(19)14-10-11-12(16)6-5-7-13(11)20-14/h5-7,10H,3-4,8-9H2,1-2H3,(H,17,19). The van der Waals surface area contributed by atoms with Gasteiger partial charge < -0.3 is 14.6 Å². The zero-order valence-electron chi connectivity index (χ0n) is 11.8. The van der Waals surface area contributed by atoms with Gasteiger partial charge >= 0.3 is 0 Å². The zero-order chi connectivity index (χ0) is 14.5. The number of nitrogens with one attached hydrogen (secondary N) is 1. The van der Waals surface area contributed by atoms with Crippen LogP contribution in [0.2, 0.25) is 0 Å². The van der Waals surface area contributed by atoms with E-state index in [2.05, 4.69) is 40.0 Å². The fraction of sp³-hybridized carbons (Fsp3) is 0.400. The maximum absolute atomic E-state index is 12.0. The van der Waals surface area contributed by atoms with Gasteiger partial charge in [-0.3, -0.25) is 4.79 Å². The van der Waals surface area contributed by atoms with Gasteiger partial charge in [0.2, 0.25) is 0 Å². The van der Waals surface area contributed by atoms with Crippen molar-refractivity contribution >= 4 is 32.8 Å². The van der Waals surface area contributed by atoms with E-state index in [4.69, 9.17) is 4.42 Å². The molecule has 2 rings (SSSR count). The molecule has 20 heavy (non-hydrogen) atoms. The van der Waals surface area contributed by atoms with Crippen LogP contribution in [0, 0.1) is 0 Å². The molecule has 2 aromatic rings. The molecule has 0 fully saturated rings. The highest BCUT2D eigenvalue weighted by Gasteiger charge is 2.13. The fourth-order valence-corrected chi connectivity index (χ4v) is 2.55. The normalized spacial score (nSPS) is 11.2. The lowest BCUT2D eigenvalue weighted by molar-refractivity contribution is 0.0923. The van der Waals surface area contributed by atoms with E-state index in [0.717, 1.165) is 29.5 Å². The van der Waals surface area contributed by atoms with Gasteiger partial charge in [0.05, 0.1) is 0 Å². The van der Waals surface area contributed by atoms with E-state index in [-0.39, 0.29) is 5.91 Å². The summed E-state index contributed by atoms with van der Waals surface area (Å²) in [4.78, 5) is 14.3. The lowest BCUT2D eigenvalue weighted by Gasteiger charge is -2.17. The number of rotatable bonds is 6. The van der Waals surface area contributed by atoms with Crippen LogP contribution < -0.4 is 5.32 Å². The van der Waals surface area contributed by atoms with Crippen molar-refractivity contribution in [3.05, 3.63) is 34.5 Å². The van der Waals surface area contributed by atoms with Crippen LogP contribution >= 0.6 is 15.9 Å².